The third-order valence-electron chi connectivity index (χ3n) is 5.14. The number of methoxy groups -OCH3 is 1. The van der Waals surface area contributed by atoms with Crippen LogP contribution in [-0.2, 0) is 14.3 Å². The van der Waals surface area contributed by atoms with Gasteiger partial charge in [-0.1, -0.05) is 12.1 Å². The average Bonchev–Trinajstić information content (AvgIpc) is 2.87. The lowest BCUT2D eigenvalue weighted by molar-refractivity contribution is -0.385. The van der Waals surface area contributed by atoms with Gasteiger partial charge in [0.05, 0.1) is 48.1 Å². The Morgan fingerprint density at radius 3 is 2.36 bits per heavy atom. The summed E-state index contributed by atoms with van der Waals surface area (Å²) in [4.78, 5) is 48.6. The SMILES string of the molecule is CCOC(=O)C1=C(COC(=O)c2ccc(OCC)c([N+](=O)[O-])c2)NC(=O)NC1c1ccc(OC)cc1. The fraction of sp³-hybridized carbons (Fsp3) is 0.292. The van der Waals surface area contributed by atoms with Crippen molar-refractivity contribution in [3.8, 4) is 11.5 Å². The van der Waals surface area contributed by atoms with E-state index in [0.717, 1.165) is 6.07 Å². The zero-order chi connectivity index (χ0) is 26.2. The fourth-order valence-corrected chi connectivity index (χ4v) is 3.51. The molecule has 0 fully saturated rings. The van der Waals surface area contributed by atoms with E-state index in [9.17, 15) is 24.5 Å². The van der Waals surface area contributed by atoms with Gasteiger partial charge in [-0.3, -0.25) is 10.1 Å². The number of carbonyl (C=O) groups excluding carboxylic acids is 3. The smallest absolute Gasteiger partial charge is 0.338 e. The predicted molar refractivity (Wildman–Crippen MR) is 126 cm³/mol. The average molecular weight is 499 g/mol. The van der Waals surface area contributed by atoms with Crippen LogP contribution in [0.4, 0.5) is 10.5 Å². The van der Waals surface area contributed by atoms with Gasteiger partial charge in [-0.25, -0.2) is 14.4 Å². The first-order chi connectivity index (χ1) is 17.3. The zero-order valence-corrected chi connectivity index (χ0v) is 19.9. The van der Waals surface area contributed by atoms with Crippen molar-refractivity contribution in [1.29, 1.82) is 0 Å². The Balaban J connectivity index is 1.91. The molecule has 2 amide bonds. The normalized spacial score (nSPS) is 14.9. The van der Waals surface area contributed by atoms with Crippen LogP contribution < -0.4 is 20.1 Å². The molecule has 12 nitrogen and oxygen atoms in total. The molecule has 2 N–H and O–H groups in total. The second kappa shape index (κ2) is 11.7. The highest BCUT2D eigenvalue weighted by Gasteiger charge is 2.34. The summed E-state index contributed by atoms with van der Waals surface area (Å²) in [5, 5.41) is 16.5. The van der Waals surface area contributed by atoms with E-state index in [1.165, 1.54) is 19.2 Å². The quantitative estimate of drug-likeness (QED) is 0.285. The van der Waals surface area contributed by atoms with Gasteiger partial charge in [0.2, 0.25) is 0 Å². The van der Waals surface area contributed by atoms with Crippen LogP contribution in [-0.4, -0.2) is 49.8 Å². The maximum atomic E-state index is 12.8. The van der Waals surface area contributed by atoms with Crippen molar-refractivity contribution in [3.05, 3.63) is 75.0 Å². The van der Waals surface area contributed by atoms with Crippen molar-refractivity contribution in [1.82, 2.24) is 10.6 Å². The second-order valence-electron chi connectivity index (χ2n) is 7.37. The van der Waals surface area contributed by atoms with Crippen molar-refractivity contribution >= 4 is 23.7 Å². The molecule has 0 radical (unpaired) electrons. The molecule has 0 aliphatic carbocycles. The van der Waals surface area contributed by atoms with Gasteiger partial charge in [0.15, 0.2) is 5.75 Å². The van der Waals surface area contributed by atoms with E-state index >= 15 is 0 Å². The van der Waals surface area contributed by atoms with Gasteiger partial charge < -0.3 is 29.6 Å². The molecule has 190 valence electrons. The lowest BCUT2D eigenvalue weighted by Gasteiger charge is -2.29. The van der Waals surface area contributed by atoms with Crippen LogP contribution in [0.25, 0.3) is 0 Å². The number of hydrogen-bond acceptors (Lipinski definition) is 9. The van der Waals surface area contributed by atoms with Crippen LogP contribution in [0.3, 0.4) is 0 Å². The lowest BCUT2D eigenvalue weighted by Crippen LogP contribution is -2.47. The van der Waals surface area contributed by atoms with Crippen LogP contribution in [0.2, 0.25) is 0 Å². The van der Waals surface area contributed by atoms with E-state index in [2.05, 4.69) is 10.6 Å². The molecule has 2 aromatic carbocycles. The maximum absolute atomic E-state index is 12.8. The summed E-state index contributed by atoms with van der Waals surface area (Å²) in [7, 11) is 1.51. The third kappa shape index (κ3) is 5.90. The first-order valence-corrected chi connectivity index (χ1v) is 11.0. The molecule has 0 saturated carbocycles. The van der Waals surface area contributed by atoms with Gasteiger partial charge in [-0.05, 0) is 43.7 Å². The molecule has 12 heteroatoms. The standard InChI is InChI=1S/C24H25N3O9/c1-4-34-19-11-8-15(12-18(19)27(31)32)22(28)36-13-17-20(23(29)35-5-2)21(26-24(30)25-17)14-6-9-16(33-3)10-7-14/h6-12,21H,4-5,13H2,1-3H3,(H2,25,26,30). The minimum absolute atomic E-state index is 0.0132. The first-order valence-electron chi connectivity index (χ1n) is 11.0. The number of carbonyl (C=O) groups is 3. The molecular weight excluding hydrogens is 474 g/mol. The van der Waals surface area contributed by atoms with E-state index in [1.807, 2.05) is 0 Å². The van der Waals surface area contributed by atoms with Gasteiger partial charge in [-0.15, -0.1) is 0 Å². The third-order valence-corrected chi connectivity index (χ3v) is 5.14. The van der Waals surface area contributed by atoms with Crippen molar-refractivity contribution in [2.24, 2.45) is 0 Å². The highest BCUT2D eigenvalue weighted by molar-refractivity contribution is 5.95. The van der Waals surface area contributed by atoms with Gasteiger partial charge in [-0.2, -0.15) is 0 Å². The predicted octanol–water partition coefficient (Wildman–Crippen LogP) is 3.03. The van der Waals surface area contributed by atoms with Crippen LogP contribution in [0.15, 0.2) is 53.7 Å². The Labute approximate surface area is 206 Å². The van der Waals surface area contributed by atoms with Crippen LogP contribution >= 0.6 is 0 Å². The number of ether oxygens (including phenoxy) is 4. The number of rotatable bonds is 10. The number of nitrogens with zero attached hydrogens (tertiary/aromatic N) is 1. The highest BCUT2D eigenvalue weighted by atomic mass is 16.6. The highest BCUT2D eigenvalue weighted by Crippen LogP contribution is 2.30. The molecule has 0 spiro atoms. The molecule has 0 saturated heterocycles. The Morgan fingerprint density at radius 1 is 1.03 bits per heavy atom. The number of nitro benzene ring substituents is 1. The minimum atomic E-state index is -0.898. The number of nitrogens with one attached hydrogen (secondary N) is 2. The van der Waals surface area contributed by atoms with Crippen LogP contribution in [0.5, 0.6) is 11.5 Å². The molecule has 1 heterocycles. The molecular formula is C24H25N3O9. The number of hydrogen-bond donors (Lipinski definition) is 2. The maximum Gasteiger partial charge on any atom is 0.338 e. The molecule has 1 atom stereocenters. The van der Waals surface area contributed by atoms with Crippen LogP contribution in [0, 0.1) is 10.1 Å². The van der Waals surface area contributed by atoms with Gasteiger partial charge >= 0.3 is 23.7 Å². The molecule has 0 aromatic heterocycles. The molecule has 0 bridgehead atoms. The summed E-state index contributed by atoms with van der Waals surface area (Å²) in [6.07, 6.45) is 0. The molecule has 1 aliphatic heterocycles. The minimum Gasteiger partial charge on any atom is -0.497 e. The summed E-state index contributed by atoms with van der Waals surface area (Å²) in [5.41, 5.74) is 0.140. The largest absolute Gasteiger partial charge is 0.497 e. The summed E-state index contributed by atoms with van der Waals surface area (Å²) in [6.45, 7) is 3.10. The van der Waals surface area contributed by atoms with Crippen molar-refractivity contribution in [3.63, 3.8) is 0 Å². The van der Waals surface area contributed by atoms with Gasteiger partial charge in [0.25, 0.3) is 0 Å². The number of benzene rings is 2. The van der Waals surface area contributed by atoms with E-state index in [4.69, 9.17) is 18.9 Å². The number of amides is 2. The monoisotopic (exact) mass is 499 g/mol. The van der Waals surface area contributed by atoms with Crippen molar-refractivity contribution < 1.29 is 38.3 Å². The van der Waals surface area contributed by atoms with E-state index in [-0.39, 0.29) is 35.8 Å². The Hall–Kier alpha value is -4.61. The van der Waals surface area contributed by atoms with Crippen molar-refractivity contribution in [2.75, 3.05) is 26.9 Å². The summed E-state index contributed by atoms with van der Waals surface area (Å²) in [6, 6.07) is 8.85. The topological polar surface area (TPSA) is 155 Å². The van der Waals surface area contributed by atoms with Gasteiger partial charge in [0.1, 0.15) is 12.4 Å². The molecule has 1 unspecified atom stereocenters. The molecule has 2 aromatic rings. The number of nitro groups is 1. The molecule has 3 rings (SSSR count). The fourth-order valence-electron chi connectivity index (χ4n) is 3.51. The van der Waals surface area contributed by atoms with Gasteiger partial charge in [0, 0.05) is 6.07 Å². The number of esters is 2. The molecule has 36 heavy (non-hydrogen) atoms. The van der Waals surface area contributed by atoms with E-state index in [0.29, 0.717) is 11.3 Å². The first kappa shape index (κ1) is 26.0. The van der Waals surface area contributed by atoms with E-state index < -0.39 is 41.2 Å². The lowest BCUT2D eigenvalue weighted by atomic mass is 9.95. The summed E-state index contributed by atoms with van der Waals surface area (Å²) < 4.78 is 20.8. The number of urea groups is 1. The van der Waals surface area contributed by atoms with E-state index in [1.54, 1.807) is 38.1 Å². The second-order valence-corrected chi connectivity index (χ2v) is 7.37. The Bertz CT molecular complexity index is 1190. The Morgan fingerprint density at radius 2 is 1.75 bits per heavy atom. The summed E-state index contributed by atoms with van der Waals surface area (Å²) >= 11 is 0. The Kier molecular flexibility index (Phi) is 8.44. The van der Waals surface area contributed by atoms with Crippen LogP contribution in [0.1, 0.15) is 35.8 Å². The van der Waals surface area contributed by atoms with Crippen molar-refractivity contribution in [2.45, 2.75) is 19.9 Å². The summed E-state index contributed by atoms with van der Waals surface area (Å²) in [5.74, 6) is -1.02. The zero-order valence-electron chi connectivity index (χ0n) is 19.9. The molecule has 1 aliphatic rings.